The van der Waals surface area contributed by atoms with Crippen LogP contribution in [-0.2, 0) is 0 Å². The number of hydrogen-bond donors (Lipinski definition) is 2. The second kappa shape index (κ2) is 6.31. The van der Waals surface area contributed by atoms with Crippen molar-refractivity contribution in [1.82, 2.24) is 5.32 Å². The van der Waals surface area contributed by atoms with E-state index in [4.69, 9.17) is 16.6 Å². The number of benzene rings is 1. The van der Waals surface area contributed by atoms with Gasteiger partial charge in [0.1, 0.15) is 0 Å². The zero-order valence-corrected chi connectivity index (χ0v) is 13.4. The van der Waals surface area contributed by atoms with Crippen molar-refractivity contribution >= 4 is 60.8 Å². The molecule has 1 heterocycles. The lowest BCUT2D eigenvalue weighted by atomic mass is 10.3. The fourth-order valence-corrected chi connectivity index (χ4v) is 2.08. The highest BCUT2D eigenvalue weighted by Crippen LogP contribution is 2.15. The summed E-state index contributed by atoms with van der Waals surface area (Å²) in [5, 5.41) is 5.64. The number of carbonyl (C=O) groups excluding carboxylic acids is 1. The van der Waals surface area contributed by atoms with E-state index in [1.165, 1.54) is 0 Å². The van der Waals surface area contributed by atoms with Crippen LogP contribution in [0.1, 0.15) is 10.6 Å². The number of thiocarbonyl (C=S) groups is 1. The summed E-state index contributed by atoms with van der Waals surface area (Å²) in [4.78, 5) is 11.8. The van der Waals surface area contributed by atoms with Crippen LogP contribution < -0.4 is 10.6 Å². The van der Waals surface area contributed by atoms with E-state index >= 15 is 0 Å². The van der Waals surface area contributed by atoms with Gasteiger partial charge in [0.2, 0.25) is 0 Å². The summed E-state index contributed by atoms with van der Waals surface area (Å²) in [5.41, 5.74) is 0.786. The molecule has 0 bridgehead atoms. The molecule has 1 amide bonds. The molecule has 98 valence electrons. The highest BCUT2D eigenvalue weighted by Gasteiger charge is 2.11. The Hall–Kier alpha value is -1.18. The summed E-state index contributed by atoms with van der Waals surface area (Å²) >= 11 is 11.5. The van der Waals surface area contributed by atoms with Gasteiger partial charge in [0.15, 0.2) is 15.5 Å². The third-order valence-electron chi connectivity index (χ3n) is 2.13. The predicted octanol–water partition coefficient (Wildman–Crippen LogP) is 3.93. The molecule has 0 atom stereocenters. The van der Waals surface area contributed by atoms with Gasteiger partial charge < -0.3 is 9.73 Å². The molecule has 0 aliphatic carbocycles. The first-order valence-corrected chi connectivity index (χ1v) is 7.17. The Morgan fingerprint density at radius 1 is 1.11 bits per heavy atom. The Morgan fingerprint density at radius 3 is 2.37 bits per heavy atom. The molecule has 2 aromatic rings. The fraction of sp³-hybridized carbons (Fsp3) is 0. The van der Waals surface area contributed by atoms with Crippen LogP contribution in [0.3, 0.4) is 0 Å². The minimum Gasteiger partial charge on any atom is -0.444 e. The predicted molar refractivity (Wildman–Crippen MR) is 84.2 cm³/mol. The summed E-state index contributed by atoms with van der Waals surface area (Å²) < 4.78 is 6.58. The monoisotopic (exact) mass is 402 g/mol. The summed E-state index contributed by atoms with van der Waals surface area (Å²) in [6.07, 6.45) is 0. The zero-order chi connectivity index (χ0) is 13.8. The van der Waals surface area contributed by atoms with Crippen molar-refractivity contribution in [2.75, 3.05) is 5.32 Å². The van der Waals surface area contributed by atoms with Crippen molar-refractivity contribution in [3.05, 3.63) is 51.3 Å². The Labute approximate surface area is 131 Å². The molecular formula is C12H8Br2N2O2S. The average molecular weight is 404 g/mol. The molecule has 0 aliphatic heterocycles. The average Bonchev–Trinajstić information content (AvgIpc) is 2.79. The summed E-state index contributed by atoms with van der Waals surface area (Å²) in [5.74, 6) is -0.216. The molecule has 0 saturated heterocycles. The Balaban J connectivity index is 1.94. The van der Waals surface area contributed by atoms with Crippen molar-refractivity contribution in [3.8, 4) is 0 Å². The molecule has 1 aromatic heterocycles. The number of anilines is 1. The standard InChI is InChI=1S/C12H8Br2N2O2S/c13-7-1-3-8(4-2-7)15-12(19)16-11(17)9-5-6-10(14)18-9/h1-6H,(H2,15,16,17,19). The van der Waals surface area contributed by atoms with E-state index in [0.717, 1.165) is 10.2 Å². The van der Waals surface area contributed by atoms with Crippen LogP contribution in [0.15, 0.2) is 50.0 Å². The number of hydrogen-bond acceptors (Lipinski definition) is 3. The Morgan fingerprint density at radius 2 is 1.79 bits per heavy atom. The summed E-state index contributed by atoms with van der Waals surface area (Å²) in [7, 11) is 0. The molecular weight excluding hydrogens is 396 g/mol. The third-order valence-corrected chi connectivity index (χ3v) is 3.29. The molecule has 7 heteroatoms. The number of amides is 1. The first-order chi connectivity index (χ1) is 9.04. The van der Waals surface area contributed by atoms with Crippen molar-refractivity contribution in [1.29, 1.82) is 0 Å². The van der Waals surface area contributed by atoms with Gasteiger partial charge in [-0.05, 0) is 64.5 Å². The first-order valence-electron chi connectivity index (χ1n) is 5.18. The smallest absolute Gasteiger partial charge is 0.293 e. The van der Waals surface area contributed by atoms with Crippen LogP contribution in [0, 0.1) is 0 Å². The van der Waals surface area contributed by atoms with Gasteiger partial charge >= 0.3 is 0 Å². The molecule has 2 rings (SSSR count). The van der Waals surface area contributed by atoms with E-state index in [1.807, 2.05) is 24.3 Å². The molecule has 0 saturated carbocycles. The minimum absolute atomic E-state index is 0.187. The van der Waals surface area contributed by atoms with Crippen molar-refractivity contribution in [3.63, 3.8) is 0 Å². The van der Waals surface area contributed by atoms with Gasteiger partial charge in [-0.3, -0.25) is 10.1 Å². The minimum atomic E-state index is -0.402. The van der Waals surface area contributed by atoms with E-state index in [2.05, 4.69) is 42.5 Å². The summed E-state index contributed by atoms with van der Waals surface area (Å²) in [6.45, 7) is 0. The normalized spacial score (nSPS) is 10.0. The Kier molecular flexibility index (Phi) is 4.73. The van der Waals surface area contributed by atoms with Crippen LogP contribution >= 0.6 is 44.1 Å². The lowest BCUT2D eigenvalue weighted by molar-refractivity contribution is 0.0949. The highest BCUT2D eigenvalue weighted by atomic mass is 79.9. The van der Waals surface area contributed by atoms with Gasteiger partial charge in [-0.1, -0.05) is 15.9 Å². The molecule has 0 unspecified atom stereocenters. The fourth-order valence-electron chi connectivity index (χ4n) is 1.30. The van der Waals surface area contributed by atoms with E-state index in [0.29, 0.717) is 4.67 Å². The molecule has 19 heavy (non-hydrogen) atoms. The number of rotatable bonds is 2. The number of nitrogens with one attached hydrogen (secondary N) is 2. The maximum absolute atomic E-state index is 11.8. The molecule has 1 aromatic carbocycles. The van der Waals surface area contributed by atoms with Gasteiger partial charge in [0, 0.05) is 10.2 Å². The quantitative estimate of drug-likeness (QED) is 0.746. The first kappa shape index (κ1) is 14.2. The largest absolute Gasteiger partial charge is 0.444 e. The molecule has 2 N–H and O–H groups in total. The van der Waals surface area contributed by atoms with Gasteiger partial charge in [0.05, 0.1) is 0 Å². The van der Waals surface area contributed by atoms with Gasteiger partial charge in [-0.2, -0.15) is 0 Å². The molecule has 0 fully saturated rings. The van der Waals surface area contributed by atoms with E-state index in [9.17, 15) is 4.79 Å². The second-order valence-corrected chi connectivity index (χ2v) is 5.62. The molecule has 0 spiro atoms. The van der Waals surface area contributed by atoms with E-state index in [-0.39, 0.29) is 10.9 Å². The SMILES string of the molecule is O=C(NC(=S)Nc1ccc(Br)cc1)c1ccc(Br)o1. The molecule has 0 aliphatic rings. The number of halogens is 2. The van der Waals surface area contributed by atoms with Crippen molar-refractivity contribution in [2.24, 2.45) is 0 Å². The topological polar surface area (TPSA) is 54.3 Å². The maximum atomic E-state index is 11.8. The highest BCUT2D eigenvalue weighted by molar-refractivity contribution is 9.10. The van der Waals surface area contributed by atoms with Crippen LogP contribution in [0.25, 0.3) is 0 Å². The lowest BCUT2D eigenvalue weighted by Gasteiger charge is -2.08. The zero-order valence-electron chi connectivity index (χ0n) is 9.44. The van der Waals surface area contributed by atoms with Crippen LogP contribution in [0.5, 0.6) is 0 Å². The van der Waals surface area contributed by atoms with Crippen LogP contribution in [0.2, 0.25) is 0 Å². The molecule has 4 nitrogen and oxygen atoms in total. The van der Waals surface area contributed by atoms with Gasteiger partial charge in [-0.15, -0.1) is 0 Å². The number of furan rings is 1. The maximum Gasteiger partial charge on any atom is 0.293 e. The van der Waals surface area contributed by atoms with E-state index < -0.39 is 5.91 Å². The number of carbonyl (C=O) groups is 1. The van der Waals surface area contributed by atoms with Gasteiger partial charge in [0.25, 0.3) is 5.91 Å². The molecule has 0 radical (unpaired) electrons. The van der Waals surface area contributed by atoms with Gasteiger partial charge in [-0.25, -0.2) is 0 Å². The lowest BCUT2D eigenvalue weighted by Crippen LogP contribution is -2.33. The van der Waals surface area contributed by atoms with Crippen LogP contribution in [-0.4, -0.2) is 11.0 Å². The van der Waals surface area contributed by atoms with Crippen molar-refractivity contribution in [2.45, 2.75) is 0 Å². The summed E-state index contributed by atoms with van der Waals surface area (Å²) in [6, 6.07) is 10.6. The third kappa shape index (κ3) is 4.15. The second-order valence-electron chi connectivity index (χ2n) is 3.52. The Bertz CT molecular complexity index is 610. The van der Waals surface area contributed by atoms with E-state index in [1.54, 1.807) is 12.1 Å². The van der Waals surface area contributed by atoms with Crippen LogP contribution in [0.4, 0.5) is 5.69 Å². The van der Waals surface area contributed by atoms with Crippen molar-refractivity contribution < 1.29 is 9.21 Å².